The number of nitrogens with one attached hydrogen (secondary N) is 2. The maximum absolute atomic E-state index is 12.3. The van der Waals surface area contributed by atoms with Crippen molar-refractivity contribution in [1.82, 2.24) is 10.3 Å². The quantitative estimate of drug-likeness (QED) is 0.877. The Bertz CT molecular complexity index is 531. The second-order valence-electron chi connectivity index (χ2n) is 6.50. The number of anilines is 1. The molecule has 1 aromatic rings. The summed E-state index contributed by atoms with van der Waals surface area (Å²) in [7, 11) is 0. The van der Waals surface area contributed by atoms with E-state index in [2.05, 4.69) is 15.6 Å². The lowest BCUT2D eigenvalue weighted by molar-refractivity contribution is 0.0668. The number of ether oxygens (including phenoxy) is 1. The molecule has 1 aliphatic heterocycles. The van der Waals surface area contributed by atoms with Gasteiger partial charge in [-0.3, -0.25) is 4.79 Å². The van der Waals surface area contributed by atoms with Crippen LogP contribution in [0.2, 0.25) is 0 Å². The van der Waals surface area contributed by atoms with Crippen LogP contribution in [0.15, 0.2) is 5.38 Å². The van der Waals surface area contributed by atoms with Gasteiger partial charge in [0.25, 0.3) is 5.91 Å². The summed E-state index contributed by atoms with van der Waals surface area (Å²) in [5, 5.41) is 9.12. The van der Waals surface area contributed by atoms with Crippen LogP contribution in [0.25, 0.3) is 0 Å². The summed E-state index contributed by atoms with van der Waals surface area (Å²) in [6, 6.07) is 0.570. The fourth-order valence-electron chi connectivity index (χ4n) is 3.54. The molecule has 2 atom stereocenters. The number of hydrogen-bond acceptors (Lipinski definition) is 5. The predicted octanol–water partition coefficient (Wildman–Crippen LogP) is 2.41. The third-order valence-electron chi connectivity index (χ3n) is 4.99. The molecule has 2 N–H and O–H groups in total. The molecule has 0 spiro atoms. The molecule has 0 unspecified atom stereocenters. The molecule has 0 bridgehead atoms. The Balaban J connectivity index is 1.35. The first-order chi connectivity index (χ1) is 10.3. The maximum atomic E-state index is 12.3. The van der Waals surface area contributed by atoms with Crippen molar-refractivity contribution in [3.8, 4) is 0 Å². The molecule has 3 aliphatic rings. The number of amides is 1. The van der Waals surface area contributed by atoms with Crippen LogP contribution in [0.1, 0.15) is 49.0 Å². The third-order valence-corrected chi connectivity index (χ3v) is 5.76. The van der Waals surface area contributed by atoms with Crippen LogP contribution in [0.4, 0.5) is 5.13 Å². The monoisotopic (exact) mass is 307 g/mol. The van der Waals surface area contributed by atoms with Gasteiger partial charge in [-0.1, -0.05) is 6.42 Å². The molecule has 6 heteroatoms. The van der Waals surface area contributed by atoms with Crippen LogP contribution in [0.5, 0.6) is 0 Å². The molecule has 1 amide bonds. The summed E-state index contributed by atoms with van der Waals surface area (Å²) in [5.41, 5.74) is 0.717. The normalized spacial score (nSPS) is 31.1. The van der Waals surface area contributed by atoms with E-state index in [1.54, 1.807) is 0 Å². The van der Waals surface area contributed by atoms with E-state index in [4.69, 9.17) is 4.74 Å². The number of nitrogens with zero attached hydrogens (tertiary/aromatic N) is 1. The lowest BCUT2D eigenvalue weighted by atomic mass is 9.83. The summed E-state index contributed by atoms with van der Waals surface area (Å²) < 4.78 is 5.80. The minimum absolute atomic E-state index is 0.0537. The average molecular weight is 307 g/mol. The number of carbonyl (C=O) groups is 1. The zero-order chi connectivity index (χ0) is 14.3. The highest BCUT2D eigenvalue weighted by atomic mass is 32.1. The summed E-state index contributed by atoms with van der Waals surface area (Å²) in [6.45, 7) is 1.56. The van der Waals surface area contributed by atoms with Crippen LogP contribution < -0.4 is 10.6 Å². The van der Waals surface area contributed by atoms with Crippen LogP contribution in [0.3, 0.4) is 0 Å². The first kappa shape index (κ1) is 13.5. The van der Waals surface area contributed by atoms with Crippen LogP contribution in [0, 0.1) is 5.41 Å². The van der Waals surface area contributed by atoms with Gasteiger partial charge in [0.15, 0.2) is 5.13 Å². The smallest absolute Gasteiger partial charge is 0.270 e. The Kier molecular flexibility index (Phi) is 3.38. The van der Waals surface area contributed by atoms with Crippen LogP contribution >= 0.6 is 11.3 Å². The highest BCUT2D eigenvalue weighted by molar-refractivity contribution is 7.13. The minimum Gasteiger partial charge on any atom is -0.378 e. The third kappa shape index (κ3) is 2.66. The second-order valence-corrected chi connectivity index (χ2v) is 7.36. The molecule has 0 radical (unpaired) electrons. The molecule has 1 saturated heterocycles. The summed E-state index contributed by atoms with van der Waals surface area (Å²) >= 11 is 1.51. The number of hydrogen-bond donors (Lipinski definition) is 2. The Morgan fingerprint density at radius 1 is 1.43 bits per heavy atom. The predicted molar refractivity (Wildman–Crippen MR) is 81.7 cm³/mol. The van der Waals surface area contributed by atoms with E-state index in [1.807, 2.05) is 5.38 Å². The van der Waals surface area contributed by atoms with Crippen molar-refractivity contribution in [1.29, 1.82) is 0 Å². The van der Waals surface area contributed by atoms with E-state index in [0.29, 0.717) is 17.8 Å². The van der Waals surface area contributed by atoms with Crippen molar-refractivity contribution in [2.45, 2.75) is 50.7 Å². The van der Waals surface area contributed by atoms with E-state index in [0.717, 1.165) is 31.1 Å². The lowest BCUT2D eigenvalue weighted by Gasteiger charge is -2.27. The summed E-state index contributed by atoms with van der Waals surface area (Å²) in [5.74, 6) is -0.0537. The van der Waals surface area contributed by atoms with E-state index in [9.17, 15) is 4.79 Å². The van der Waals surface area contributed by atoms with Crippen molar-refractivity contribution in [2.24, 2.45) is 5.41 Å². The van der Waals surface area contributed by atoms with Gasteiger partial charge < -0.3 is 15.4 Å². The van der Waals surface area contributed by atoms with Gasteiger partial charge in [0.1, 0.15) is 5.69 Å². The van der Waals surface area contributed by atoms with E-state index >= 15 is 0 Å². The van der Waals surface area contributed by atoms with Gasteiger partial charge in [0.05, 0.1) is 6.10 Å². The number of carbonyl (C=O) groups excluding carboxylic acids is 1. The maximum Gasteiger partial charge on any atom is 0.270 e. The Morgan fingerprint density at radius 3 is 3.19 bits per heavy atom. The number of aromatic nitrogens is 1. The Labute approximate surface area is 128 Å². The van der Waals surface area contributed by atoms with Crippen molar-refractivity contribution < 1.29 is 9.53 Å². The molecule has 4 rings (SSSR count). The highest BCUT2D eigenvalue weighted by Crippen LogP contribution is 2.46. The van der Waals surface area contributed by atoms with E-state index in [-0.39, 0.29) is 11.3 Å². The highest BCUT2D eigenvalue weighted by Gasteiger charge is 2.47. The van der Waals surface area contributed by atoms with E-state index in [1.165, 1.54) is 37.0 Å². The van der Waals surface area contributed by atoms with Gasteiger partial charge in [-0.15, -0.1) is 11.3 Å². The Hall–Kier alpha value is -1.14. The fraction of sp³-hybridized carbons (Fsp3) is 0.733. The van der Waals surface area contributed by atoms with Crippen LogP contribution in [-0.4, -0.2) is 36.2 Å². The minimum atomic E-state index is -0.0537. The zero-order valence-corrected chi connectivity index (χ0v) is 12.9. The van der Waals surface area contributed by atoms with Gasteiger partial charge in [0, 0.05) is 30.0 Å². The van der Waals surface area contributed by atoms with Gasteiger partial charge in [-0.2, -0.15) is 0 Å². The number of thiazole rings is 1. The first-order valence-corrected chi connectivity index (χ1v) is 8.75. The van der Waals surface area contributed by atoms with E-state index < -0.39 is 0 Å². The molecular formula is C15H21N3O2S. The largest absolute Gasteiger partial charge is 0.378 e. The lowest BCUT2D eigenvalue weighted by Crippen LogP contribution is -2.39. The fourth-order valence-corrected chi connectivity index (χ4v) is 4.31. The second kappa shape index (κ2) is 5.25. The average Bonchev–Trinajstić information content (AvgIpc) is 2.89. The van der Waals surface area contributed by atoms with Crippen molar-refractivity contribution in [2.75, 3.05) is 18.5 Å². The van der Waals surface area contributed by atoms with Crippen molar-refractivity contribution >= 4 is 22.4 Å². The van der Waals surface area contributed by atoms with Gasteiger partial charge in [-0.25, -0.2) is 4.98 Å². The van der Waals surface area contributed by atoms with Crippen LogP contribution in [-0.2, 0) is 4.74 Å². The summed E-state index contributed by atoms with van der Waals surface area (Å²) in [4.78, 5) is 16.6. The molecule has 114 valence electrons. The zero-order valence-electron chi connectivity index (χ0n) is 12.1. The Morgan fingerprint density at radius 2 is 2.33 bits per heavy atom. The number of fused-ring (bicyclic) bond motifs is 1. The molecule has 2 saturated carbocycles. The molecule has 2 aliphatic carbocycles. The standard InChI is InChI=1S/C15H21N3O2S/c19-13(11-8-21-14(18-11)17-10-3-4-10)16-9-15-5-1-2-12(15)20-7-6-15/h8,10,12H,1-7,9H2,(H,16,19)(H,17,18)/t12-,15-/m1/s1. The molecule has 2 heterocycles. The van der Waals surface area contributed by atoms with Gasteiger partial charge >= 0.3 is 0 Å². The van der Waals surface area contributed by atoms with Crippen molar-refractivity contribution in [3.63, 3.8) is 0 Å². The molecular weight excluding hydrogens is 286 g/mol. The molecule has 21 heavy (non-hydrogen) atoms. The van der Waals surface area contributed by atoms with Crippen molar-refractivity contribution in [3.05, 3.63) is 11.1 Å². The topological polar surface area (TPSA) is 63.2 Å². The first-order valence-electron chi connectivity index (χ1n) is 7.87. The molecule has 5 nitrogen and oxygen atoms in total. The SMILES string of the molecule is O=C(NC[C@]12CCC[C@H]1OCC2)c1csc(NC2CC2)n1. The molecule has 0 aromatic carbocycles. The summed E-state index contributed by atoms with van der Waals surface area (Å²) in [6.07, 6.45) is 7.37. The van der Waals surface area contributed by atoms with Gasteiger partial charge in [-0.05, 0) is 32.1 Å². The van der Waals surface area contributed by atoms with Gasteiger partial charge in [0.2, 0.25) is 0 Å². The molecule has 1 aromatic heterocycles. The number of rotatable bonds is 5. The molecule has 3 fully saturated rings.